The first-order valence-corrected chi connectivity index (χ1v) is 9.97. The number of aryl methyl sites for hydroxylation is 1. The molecule has 0 bridgehead atoms. The minimum Gasteiger partial charge on any atom is -0.453 e. The number of hydrogen-bond acceptors (Lipinski definition) is 3. The Balaban J connectivity index is 1.27. The zero-order valence-electron chi connectivity index (χ0n) is 16.5. The molecule has 2 aliphatic heterocycles. The van der Waals surface area contributed by atoms with E-state index in [2.05, 4.69) is 43.3 Å². The maximum absolute atomic E-state index is 12.5. The van der Waals surface area contributed by atoms with Crippen LogP contribution in [0, 0.1) is 0 Å². The zero-order chi connectivity index (χ0) is 19.6. The van der Waals surface area contributed by atoms with Crippen LogP contribution in [0.1, 0.15) is 49.0 Å². The number of benzene rings is 2. The minimum atomic E-state index is -0.405. The second kappa shape index (κ2) is 7.76. The summed E-state index contributed by atoms with van der Waals surface area (Å²) in [7, 11) is 0. The van der Waals surface area contributed by atoms with Gasteiger partial charge in [0.1, 0.15) is 11.4 Å². The van der Waals surface area contributed by atoms with Gasteiger partial charge in [-0.05, 0) is 63.3 Å². The van der Waals surface area contributed by atoms with Crippen LogP contribution < -0.4 is 4.74 Å². The number of fused-ring (bicyclic) bond motifs is 1. The largest absolute Gasteiger partial charge is 0.453 e. The van der Waals surface area contributed by atoms with Crippen LogP contribution in [0.2, 0.25) is 0 Å². The molecular weight excluding hydrogens is 348 g/mol. The maximum Gasteiger partial charge on any atom is 0.231 e. The van der Waals surface area contributed by atoms with Crippen molar-refractivity contribution in [1.82, 2.24) is 0 Å². The molecule has 2 heterocycles. The third-order valence-corrected chi connectivity index (χ3v) is 5.54. The Morgan fingerprint density at radius 1 is 1.11 bits per heavy atom. The van der Waals surface area contributed by atoms with Gasteiger partial charge in [0.15, 0.2) is 5.76 Å². The van der Waals surface area contributed by atoms with Crippen LogP contribution in [0.4, 0.5) is 0 Å². The number of ketones is 1. The van der Waals surface area contributed by atoms with Crippen LogP contribution >= 0.6 is 0 Å². The number of carbonyl (C=O) groups excluding carboxylic acids is 1. The third kappa shape index (κ3) is 4.10. The lowest BCUT2D eigenvalue weighted by Gasteiger charge is -2.04. The van der Waals surface area contributed by atoms with Crippen molar-refractivity contribution in [3.63, 3.8) is 0 Å². The molecule has 2 aromatic rings. The highest BCUT2D eigenvalue weighted by molar-refractivity contribution is 6.12. The molecule has 4 rings (SSSR count). The summed E-state index contributed by atoms with van der Waals surface area (Å²) in [5.74, 6) is 0.973. The van der Waals surface area contributed by atoms with Gasteiger partial charge in [-0.15, -0.1) is 0 Å². The summed E-state index contributed by atoms with van der Waals surface area (Å²) in [5, 5.41) is 0. The van der Waals surface area contributed by atoms with E-state index in [0.29, 0.717) is 17.1 Å². The summed E-state index contributed by atoms with van der Waals surface area (Å²) in [4.78, 5) is 12.5. The molecule has 1 saturated heterocycles. The topological polar surface area (TPSA) is 38.8 Å². The number of carbonyl (C=O) groups is 1. The van der Waals surface area contributed by atoms with Crippen molar-refractivity contribution in [2.24, 2.45) is 0 Å². The molecule has 3 nitrogen and oxygen atoms in total. The summed E-state index contributed by atoms with van der Waals surface area (Å²) in [6, 6.07) is 17.9. The molecule has 2 atom stereocenters. The van der Waals surface area contributed by atoms with Gasteiger partial charge < -0.3 is 9.47 Å². The lowest BCUT2D eigenvalue weighted by molar-refractivity contribution is 0.101. The number of allylic oxidation sites excluding steroid dienone is 3. The average molecular weight is 374 g/mol. The standard InChI is InChI=1S/C25H26O3/c1-18(9-8-12-19-10-4-3-5-11-19)15-16-23-25(2,28-23)17-22-24(26)20-13-6-7-14-21(20)27-22/h3-7,9-11,13-14,17,23H,8,12,15-16H2,1-2H3/b18-9?,22-17-. The molecule has 0 saturated carbocycles. The van der Waals surface area contributed by atoms with E-state index in [4.69, 9.17) is 9.47 Å². The predicted molar refractivity (Wildman–Crippen MR) is 111 cm³/mol. The Bertz CT molecular complexity index is 926. The van der Waals surface area contributed by atoms with Crippen LogP contribution in [0.25, 0.3) is 0 Å². The molecule has 144 valence electrons. The van der Waals surface area contributed by atoms with Crippen LogP contribution in [-0.4, -0.2) is 17.5 Å². The first kappa shape index (κ1) is 18.7. The number of epoxide rings is 1. The quantitative estimate of drug-likeness (QED) is 0.356. The summed E-state index contributed by atoms with van der Waals surface area (Å²) in [5.41, 5.74) is 2.99. The van der Waals surface area contributed by atoms with Crippen LogP contribution in [0.3, 0.4) is 0 Å². The molecule has 0 radical (unpaired) electrons. The number of Topliss-reactive ketones (excluding diaryl/α,β-unsaturated/α-hetero) is 1. The molecule has 2 aliphatic rings. The van der Waals surface area contributed by atoms with Gasteiger partial charge in [-0.2, -0.15) is 0 Å². The van der Waals surface area contributed by atoms with E-state index < -0.39 is 5.60 Å². The fourth-order valence-electron chi connectivity index (χ4n) is 3.73. The maximum atomic E-state index is 12.5. The molecule has 1 fully saturated rings. The van der Waals surface area contributed by atoms with E-state index in [0.717, 1.165) is 25.7 Å². The van der Waals surface area contributed by atoms with Gasteiger partial charge in [-0.25, -0.2) is 0 Å². The third-order valence-electron chi connectivity index (χ3n) is 5.54. The van der Waals surface area contributed by atoms with Crippen molar-refractivity contribution < 1.29 is 14.3 Å². The van der Waals surface area contributed by atoms with E-state index in [1.54, 1.807) is 6.07 Å². The minimum absolute atomic E-state index is 0.0527. The van der Waals surface area contributed by atoms with Gasteiger partial charge >= 0.3 is 0 Å². The first-order valence-electron chi connectivity index (χ1n) is 9.97. The molecule has 0 aromatic heterocycles. The SMILES string of the molecule is CC(=CCCc1ccccc1)CCC1OC1(C)/C=C1\Oc2ccccc2C1=O. The van der Waals surface area contributed by atoms with Gasteiger partial charge in [0.25, 0.3) is 0 Å². The van der Waals surface area contributed by atoms with Gasteiger partial charge in [0.2, 0.25) is 5.78 Å². The van der Waals surface area contributed by atoms with E-state index in [9.17, 15) is 4.79 Å². The number of ether oxygens (including phenoxy) is 2. The van der Waals surface area contributed by atoms with Gasteiger partial charge in [-0.3, -0.25) is 4.79 Å². The van der Waals surface area contributed by atoms with Crippen molar-refractivity contribution in [2.75, 3.05) is 0 Å². The van der Waals surface area contributed by atoms with Gasteiger partial charge in [-0.1, -0.05) is 54.1 Å². The number of para-hydroxylation sites is 1. The van der Waals surface area contributed by atoms with Crippen molar-refractivity contribution in [3.05, 3.63) is 89.2 Å². The molecule has 0 amide bonds. The molecule has 0 aliphatic carbocycles. The predicted octanol–water partition coefficient (Wildman–Crippen LogP) is 5.66. The lowest BCUT2D eigenvalue weighted by atomic mass is 9.99. The Labute approximate surface area is 166 Å². The number of hydrogen-bond donors (Lipinski definition) is 0. The Hall–Kier alpha value is -2.65. The van der Waals surface area contributed by atoms with E-state index in [1.165, 1.54) is 11.1 Å². The molecule has 2 aromatic carbocycles. The van der Waals surface area contributed by atoms with Crippen molar-refractivity contribution >= 4 is 5.78 Å². The van der Waals surface area contributed by atoms with Crippen molar-refractivity contribution in [3.8, 4) is 5.75 Å². The normalized spacial score (nSPS) is 24.9. The molecule has 0 spiro atoms. The van der Waals surface area contributed by atoms with E-state index >= 15 is 0 Å². The summed E-state index contributed by atoms with van der Waals surface area (Å²) in [6.45, 7) is 4.21. The molecule has 28 heavy (non-hydrogen) atoms. The lowest BCUT2D eigenvalue weighted by Crippen LogP contribution is -2.11. The Morgan fingerprint density at radius 3 is 2.64 bits per heavy atom. The fraction of sp³-hybridized carbons (Fsp3) is 0.320. The van der Waals surface area contributed by atoms with Crippen molar-refractivity contribution in [2.45, 2.75) is 51.2 Å². The van der Waals surface area contributed by atoms with E-state index in [1.807, 2.05) is 31.2 Å². The molecule has 2 unspecified atom stereocenters. The van der Waals surface area contributed by atoms with Gasteiger partial charge in [0.05, 0.1) is 11.7 Å². The zero-order valence-corrected chi connectivity index (χ0v) is 16.5. The highest BCUT2D eigenvalue weighted by Crippen LogP contribution is 2.43. The monoisotopic (exact) mass is 374 g/mol. The summed E-state index contributed by atoms with van der Waals surface area (Å²) < 4.78 is 11.6. The Kier molecular flexibility index (Phi) is 5.19. The average Bonchev–Trinajstić information content (AvgIpc) is 3.24. The molecule has 3 heteroatoms. The Morgan fingerprint density at radius 2 is 1.86 bits per heavy atom. The summed E-state index contributed by atoms with van der Waals surface area (Å²) in [6.07, 6.45) is 8.41. The van der Waals surface area contributed by atoms with Crippen LogP contribution in [0.15, 0.2) is 78.1 Å². The highest BCUT2D eigenvalue weighted by Gasteiger charge is 2.51. The smallest absolute Gasteiger partial charge is 0.231 e. The van der Waals surface area contributed by atoms with Gasteiger partial charge in [0, 0.05) is 0 Å². The van der Waals surface area contributed by atoms with E-state index in [-0.39, 0.29) is 11.9 Å². The molecular formula is C25H26O3. The number of rotatable bonds is 7. The second-order valence-corrected chi connectivity index (χ2v) is 7.84. The van der Waals surface area contributed by atoms with Crippen LogP contribution in [0.5, 0.6) is 5.75 Å². The fourth-order valence-corrected chi connectivity index (χ4v) is 3.73. The van der Waals surface area contributed by atoms with Crippen LogP contribution in [-0.2, 0) is 11.2 Å². The first-order chi connectivity index (χ1) is 13.5. The summed E-state index contributed by atoms with van der Waals surface area (Å²) >= 11 is 0. The molecule has 0 N–H and O–H groups in total. The van der Waals surface area contributed by atoms with Crippen molar-refractivity contribution in [1.29, 1.82) is 0 Å². The second-order valence-electron chi connectivity index (χ2n) is 7.84. The highest BCUT2D eigenvalue weighted by atomic mass is 16.6.